The number of carbonyl (C=O) groups is 1. The number of nitrogens with one attached hydrogen (secondary N) is 1. The van der Waals surface area contributed by atoms with Crippen LogP contribution in [0.25, 0.3) is 0 Å². The lowest BCUT2D eigenvalue weighted by molar-refractivity contribution is -0.137. The molecule has 1 heterocycles. The van der Waals surface area contributed by atoms with Crippen LogP contribution in [0.15, 0.2) is 36.5 Å². The molecular weight excluding hydrogens is 376 g/mol. The number of hydrogen-bond acceptors (Lipinski definition) is 3. The molecular formula is C17H15ClF4N2O2. The standard InChI is InChI=1S/C17H15ClF4N2O2/c1-9(19)10(2)26-14-7-11(17(20,21)22)3-4-13(14)16(25)24-12-5-6-23-15(18)8-12/h3-10H,1-2H3,(H,23,24,25)/t9-,10?/m1/s1. The third kappa shape index (κ3) is 5.08. The van der Waals surface area contributed by atoms with Crippen LogP contribution in [0.3, 0.4) is 0 Å². The van der Waals surface area contributed by atoms with E-state index in [4.69, 9.17) is 16.3 Å². The highest BCUT2D eigenvalue weighted by molar-refractivity contribution is 6.29. The number of benzene rings is 1. The van der Waals surface area contributed by atoms with Crippen molar-refractivity contribution in [3.63, 3.8) is 0 Å². The average molecular weight is 391 g/mol. The summed E-state index contributed by atoms with van der Waals surface area (Å²) >= 11 is 5.73. The Kier molecular flexibility index (Phi) is 6.07. The van der Waals surface area contributed by atoms with E-state index in [1.165, 1.54) is 32.2 Å². The molecule has 0 saturated carbocycles. The average Bonchev–Trinajstić information content (AvgIpc) is 2.53. The van der Waals surface area contributed by atoms with Crippen LogP contribution in [0.4, 0.5) is 23.2 Å². The molecule has 0 spiro atoms. The van der Waals surface area contributed by atoms with E-state index in [1.807, 2.05) is 0 Å². The van der Waals surface area contributed by atoms with Crippen molar-refractivity contribution < 1.29 is 27.1 Å². The van der Waals surface area contributed by atoms with Crippen LogP contribution in [0, 0.1) is 0 Å². The van der Waals surface area contributed by atoms with Crippen LogP contribution in [0.2, 0.25) is 5.15 Å². The molecule has 0 radical (unpaired) electrons. The Labute approximate surface area is 152 Å². The van der Waals surface area contributed by atoms with Gasteiger partial charge in [0.05, 0.1) is 11.1 Å². The van der Waals surface area contributed by atoms with Crippen LogP contribution >= 0.6 is 11.6 Å². The molecule has 1 aromatic heterocycles. The molecule has 0 aliphatic rings. The van der Waals surface area contributed by atoms with Crippen LogP contribution < -0.4 is 10.1 Å². The predicted octanol–water partition coefficient (Wildman–Crippen LogP) is 5.13. The summed E-state index contributed by atoms with van der Waals surface area (Å²) in [5.41, 5.74) is -0.874. The molecule has 9 heteroatoms. The van der Waals surface area contributed by atoms with Gasteiger partial charge in [-0.2, -0.15) is 13.2 Å². The number of nitrogens with zero attached hydrogens (tertiary/aromatic N) is 1. The van der Waals surface area contributed by atoms with Gasteiger partial charge in [-0.15, -0.1) is 0 Å². The summed E-state index contributed by atoms with van der Waals surface area (Å²) in [6.45, 7) is 2.56. The second-order valence-corrected chi connectivity index (χ2v) is 5.92. The Balaban J connectivity index is 2.37. The molecule has 0 aliphatic carbocycles. The first-order valence-corrected chi connectivity index (χ1v) is 7.90. The maximum absolute atomic E-state index is 13.4. The zero-order chi connectivity index (χ0) is 19.5. The van der Waals surface area contributed by atoms with Crippen LogP contribution in [-0.2, 0) is 6.18 Å². The van der Waals surface area contributed by atoms with E-state index in [2.05, 4.69) is 10.3 Å². The van der Waals surface area contributed by atoms with Gasteiger partial charge in [0.25, 0.3) is 5.91 Å². The van der Waals surface area contributed by atoms with E-state index in [0.717, 1.165) is 12.1 Å². The lowest BCUT2D eigenvalue weighted by Crippen LogP contribution is -2.24. The Bertz CT molecular complexity index is 797. The number of aromatic nitrogens is 1. The number of anilines is 1. The number of carbonyl (C=O) groups excluding carboxylic acids is 1. The first-order valence-electron chi connectivity index (χ1n) is 7.53. The quantitative estimate of drug-likeness (QED) is 0.568. The normalized spacial score (nSPS) is 13.8. The number of halogens is 5. The highest BCUT2D eigenvalue weighted by atomic mass is 35.5. The van der Waals surface area contributed by atoms with Gasteiger partial charge in [-0.25, -0.2) is 9.37 Å². The predicted molar refractivity (Wildman–Crippen MR) is 89.3 cm³/mol. The molecule has 2 rings (SSSR count). The molecule has 1 aromatic carbocycles. The molecule has 0 aliphatic heterocycles. The lowest BCUT2D eigenvalue weighted by atomic mass is 10.1. The second-order valence-electron chi connectivity index (χ2n) is 5.53. The van der Waals surface area contributed by atoms with Crippen molar-refractivity contribution in [1.82, 2.24) is 4.98 Å². The van der Waals surface area contributed by atoms with E-state index in [0.29, 0.717) is 11.8 Å². The zero-order valence-corrected chi connectivity index (χ0v) is 14.5. The van der Waals surface area contributed by atoms with Gasteiger partial charge in [0, 0.05) is 11.9 Å². The Hall–Kier alpha value is -2.35. The van der Waals surface area contributed by atoms with Crippen LogP contribution in [-0.4, -0.2) is 23.2 Å². The van der Waals surface area contributed by atoms with Crippen molar-refractivity contribution in [3.05, 3.63) is 52.8 Å². The Morgan fingerprint density at radius 3 is 2.50 bits per heavy atom. The number of amides is 1. The fourth-order valence-electron chi connectivity index (χ4n) is 1.96. The summed E-state index contributed by atoms with van der Waals surface area (Å²) in [5.74, 6) is -1.09. The van der Waals surface area contributed by atoms with Gasteiger partial charge in [0.15, 0.2) is 0 Å². The SMILES string of the molecule is CC(Oc1cc(C(F)(F)F)ccc1C(=O)Nc1ccnc(Cl)c1)[C@@H](C)F. The molecule has 26 heavy (non-hydrogen) atoms. The fourth-order valence-corrected chi connectivity index (χ4v) is 2.13. The monoisotopic (exact) mass is 390 g/mol. The molecule has 0 saturated heterocycles. The van der Waals surface area contributed by atoms with Crippen molar-refractivity contribution >= 4 is 23.2 Å². The molecule has 1 N–H and O–H groups in total. The van der Waals surface area contributed by atoms with E-state index in [-0.39, 0.29) is 16.5 Å². The molecule has 2 aromatic rings. The highest BCUT2D eigenvalue weighted by Crippen LogP contribution is 2.34. The van der Waals surface area contributed by atoms with Gasteiger partial charge in [-0.1, -0.05) is 11.6 Å². The topological polar surface area (TPSA) is 51.2 Å². The number of rotatable bonds is 5. The van der Waals surface area contributed by atoms with Gasteiger partial charge < -0.3 is 10.1 Å². The van der Waals surface area contributed by atoms with Gasteiger partial charge in [-0.05, 0) is 44.2 Å². The zero-order valence-electron chi connectivity index (χ0n) is 13.8. The minimum atomic E-state index is -4.63. The number of pyridine rings is 1. The maximum atomic E-state index is 13.4. The number of alkyl halides is 4. The van der Waals surface area contributed by atoms with E-state index >= 15 is 0 Å². The Morgan fingerprint density at radius 1 is 1.23 bits per heavy atom. The molecule has 1 amide bonds. The second kappa shape index (κ2) is 7.90. The lowest BCUT2D eigenvalue weighted by Gasteiger charge is -2.19. The van der Waals surface area contributed by atoms with Crippen molar-refractivity contribution in [3.8, 4) is 5.75 Å². The summed E-state index contributed by atoms with van der Waals surface area (Å²) in [6, 6.07) is 5.24. The summed E-state index contributed by atoms with van der Waals surface area (Å²) < 4.78 is 57.4. The van der Waals surface area contributed by atoms with Crippen LogP contribution in [0.5, 0.6) is 5.75 Å². The van der Waals surface area contributed by atoms with Crippen molar-refractivity contribution in [2.45, 2.75) is 32.3 Å². The first-order chi connectivity index (χ1) is 12.1. The minimum absolute atomic E-state index is 0.131. The van der Waals surface area contributed by atoms with Crippen LogP contribution in [0.1, 0.15) is 29.8 Å². The number of hydrogen-bond donors (Lipinski definition) is 1. The molecule has 0 bridgehead atoms. The largest absolute Gasteiger partial charge is 0.487 e. The van der Waals surface area contributed by atoms with Gasteiger partial charge in [-0.3, -0.25) is 4.79 Å². The van der Waals surface area contributed by atoms with E-state index in [1.54, 1.807) is 0 Å². The third-order valence-corrected chi connectivity index (χ3v) is 3.70. The summed E-state index contributed by atoms with van der Waals surface area (Å²) in [5, 5.41) is 2.61. The van der Waals surface area contributed by atoms with E-state index < -0.39 is 29.9 Å². The smallest absolute Gasteiger partial charge is 0.416 e. The molecule has 140 valence electrons. The molecule has 1 unspecified atom stereocenters. The number of ether oxygens (including phenoxy) is 1. The summed E-state index contributed by atoms with van der Waals surface area (Å²) in [7, 11) is 0. The van der Waals surface area contributed by atoms with Crippen molar-refractivity contribution in [2.75, 3.05) is 5.32 Å². The summed E-state index contributed by atoms with van der Waals surface area (Å²) in [6.07, 6.45) is -5.76. The third-order valence-electron chi connectivity index (χ3n) is 3.50. The maximum Gasteiger partial charge on any atom is 0.416 e. The highest BCUT2D eigenvalue weighted by Gasteiger charge is 2.32. The molecule has 2 atom stereocenters. The summed E-state index contributed by atoms with van der Waals surface area (Å²) in [4.78, 5) is 16.2. The van der Waals surface area contributed by atoms with E-state index in [9.17, 15) is 22.4 Å². The van der Waals surface area contributed by atoms with Gasteiger partial charge in [0.2, 0.25) is 0 Å². The first kappa shape index (κ1) is 20.0. The van der Waals surface area contributed by atoms with Gasteiger partial charge in [0.1, 0.15) is 23.2 Å². The fraction of sp³-hybridized carbons (Fsp3) is 0.294. The van der Waals surface area contributed by atoms with Crippen molar-refractivity contribution in [2.24, 2.45) is 0 Å². The van der Waals surface area contributed by atoms with Crippen molar-refractivity contribution in [1.29, 1.82) is 0 Å². The molecule has 4 nitrogen and oxygen atoms in total. The minimum Gasteiger partial charge on any atom is -0.487 e. The van der Waals surface area contributed by atoms with Gasteiger partial charge >= 0.3 is 6.18 Å². The molecule has 0 fully saturated rings. The Morgan fingerprint density at radius 2 is 1.92 bits per heavy atom.